The van der Waals surface area contributed by atoms with Gasteiger partial charge in [-0.05, 0) is 29.7 Å². The molecule has 0 fully saturated rings. The first-order valence-electron chi connectivity index (χ1n) is 5.51. The van der Waals surface area contributed by atoms with Crippen LogP contribution in [0.25, 0.3) is 10.1 Å². The van der Waals surface area contributed by atoms with Crippen molar-refractivity contribution in [1.82, 2.24) is 5.43 Å². The number of hydrogen-bond donors (Lipinski definition) is 3. The molecule has 5 nitrogen and oxygen atoms in total. The Kier molecular flexibility index (Phi) is 4.92. The van der Waals surface area contributed by atoms with Crippen LogP contribution in [0.5, 0.6) is 0 Å². The summed E-state index contributed by atoms with van der Waals surface area (Å²) in [5.41, 5.74) is 8.16. The molecule has 106 valence electrons. The SMILES string of the molecule is CC(=O)O/C(NN)=C(/N)Sc1cc2cc(Br)ccc2s1. The predicted molar refractivity (Wildman–Crippen MR) is 85.7 cm³/mol. The van der Waals surface area contributed by atoms with E-state index in [4.69, 9.17) is 16.3 Å². The summed E-state index contributed by atoms with van der Waals surface area (Å²) < 4.78 is 8.04. The number of hydrazine groups is 1. The van der Waals surface area contributed by atoms with E-state index in [2.05, 4.69) is 21.4 Å². The van der Waals surface area contributed by atoms with E-state index in [1.807, 2.05) is 24.3 Å². The van der Waals surface area contributed by atoms with Crippen molar-refractivity contribution in [2.75, 3.05) is 0 Å². The van der Waals surface area contributed by atoms with Gasteiger partial charge in [-0.15, -0.1) is 11.3 Å². The molecule has 0 aliphatic heterocycles. The van der Waals surface area contributed by atoms with Crippen molar-refractivity contribution >= 4 is 55.1 Å². The number of carbonyl (C=O) groups excluding carboxylic acids is 1. The predicted octanol–water partition coefficient (Wildman–Crippen LogP) is 2.87. The summed E-state index contributed by atoms with van der Waals surface area (Å²) in [6.07, 6.45) is 0. The van der Waals surface area contributed by atoms with E-state index in [0.29, 0.717) is 5.03 Å². The van der Waals surface area contributed by atoms with Gasteiger partial charge in [-0.1, -0.05) is 27.7 Å². The van der Waals surface area contributed by atoms with E-state index in [0.717, 1.165) is 18.8 Å². The first-order valence-corrected chi connectivity index (χ1v) is 7.94. The highest BCUT2D eigenvalue weighted by atomic mass is 79.9. The van der Waals surface area contributed by atoms with E-state index in [-0.39, 0.29) is 5.88 Å². The molecule has 0 atom stereocenters. The van der Waals surface area contributed by atoms with E-state index in [9.17, 15) is 4.79 Å². The van der Waals surface area contributed by atoms with Gasteiger partial charge in [-0.2, -0.15) is 0 Å². The van der Waals surface area contributed by atoms with Crippen molar-refractivity contribution in [3.63, 3.8) is 0 Å². The van der Waals surface area contributed by atoms with E-state index in [1.165, 1.54) is 18.7 Å². The molecular formula is C12H12BrN3O2S2. The van der Waals surface area contributed by atoms with Crippen LogP contribution >= 0.6 is 39.0 Å². The second kappa shape index (κ2) is 6.49. The molecule has 0 unspecified atom stereocenters. The van der Waals surface area contributed by atoms with Crippen molar-refractivity contribution in [2.24, 2.45) is 11.6 Å². The molecule has 1 aromatic carbocycles. The number of benzene rings is 1. The molecule has 0 saturated heterocycles. The lowest BCUT2D eigenvalue weighted by Gasteiger charge is -2.08. The van der Waals surface area contributed by atoms with E-state index >= 15 is 0 Å². The van der Waals surface area contributed by atoms with E-state index < -0.39 is 5.97 Å². The van der Waals surface area contributed by atoms with Crippen LogP contribution in [0.15, 0.2) is 43.9 Å². The molecule has 0 spiro atoms. The highest BCUT2D eigenvalue weighted by Gasteiger charge is 2.10. The van der Waals surface area contributed by atoms with Gasteiger partial charge in [0.1, 0.15) is 5.03 Å². The Morgan fingerprint density at radius 1 is 1.45 bits per heavy atom. The number of thiophene rings is 1. The number of fused-ring (bicyclic) bond motifs is 1. The fourth-order valence-electron chi connectivity index (χ4n) is 1.49. The molecule has 8 heteroatoms. The minimum Gasteiger partial charge on any atom is -0.406 e. The number of halogens is 1. The number of esters is 1. The van der Waals surface area contributed by atoms with E-state index in [1.54, 1.807) is 11.3 Å². The number of nitrogens with two attached hydrogens (primary N) is 2. The Bertz CT molecular complexity index is 684. The average Bonchev–Trinajstić information content (AvgIpc) is 2.76. The smallest absolute Gasteiger partial charge is 0.309 e. The molecule has 0 amide bonds. The number of ether oxygens (including phenoxy) is 1. The molecule has 0 bridgehead atoms. The zero-order valence-corrected chi connectivity index (χ0v) is 13.7. The molecule has 0 saturated carbocycles. The number of rotatable bonds is 4. The monoisotopic (exact) mass is 373 g/mol. The lowest BCUT2D eigenvalue weighted by atomic mass is 10.3. The molecule has 0 aliphatic carbocycles. The third-order valence-corrected chi connectivity index (χ3v) is 4.90. The lowest BCUT2D eigenvalue weighted by molar-refractivity contribution is -0.137. The van der Waals surface area contributed by atoms with Crippen LogP contribution in [-0.2, 0) is 9.53 Å². The molecule has 5 N–H and O–H groups in total. The molecule has 2 aromatic rings. The van der Waals surface area contributed by atoms with Gasteiger partial charge in [0.15, 0.2) is 0 Å². The minimum absolute atomic E-state index is 0.0566. The second-order valence-corrected chi connectivity index (χ2v) is 7.12. The molecule has 0 aliphatic rings. The minimum atomic E-state index is -0.484. The molecule has 0 radical (unpaired) electrons. The Morgan fingerprint density at radius 2 is 2.20 bits per heavy atom. The molecular weight excluding hydrogens is 362 g/mol. The topological polar surface area (TPSA) is 90.4 Å². The number of nitrogens with one attached hydrogen (secondary N) is 1. The van der Waals surface area contributed by atoms with Gasteiger partial charge in [-0.25, -0.2) is 5.84 Å². The zero-order chi connectivity index (χ0) is 14.7. The normalized spacial score (nSPS) is 12.2. The van der Waals surface area contributed by atoms with Crippen molar-refractivity contribution in [2.45, 2.75) is 11.1 Å². The maximum absolute atomic E-state index is 10.9. The molecule has 20 heavy (non-hydrogen) atoms. The molecule has 1 aromatic heterocycles. The molecule has 1 heterocycles. The van der Waals surface area contributed by atoms with Gasteiger partial charge in [0, 0.05) is 16.1 Å². The highest BCUT2D eigenvalue weighted by molar-refractivity contribution is 9.10. The fourth-order valence-corrected chi connectivity index (χ4v) is 3.94. The first kappa shape index (κ1) is 15.2. The van der Waals surface area contributed by atoms with Gasteiger partial charge in [-0.3, -0.25) is 10.2 Å². The summed E-state index contributed by atoms with van der Waals surface area (Å²) in [6, 6.07) is 8.06. The van der Waals surface area contributed by atoms with Gasteiger partial charge >= 0.3 is 5.97 Å². The first-order chi connectivity index (χ1) is 9.49. The van der Waals surface area contributed by atoms with Crippen LogP contribution in [0.1, 0.15) is 6.92 Å². The third-order valence-electron chi connectivity index (χ3n) is 2.27. The maximum atomic E-state index is 10.9. The summed E-state index contributed by atoms with van der Waals surface area (Å²) in [6.45, 7) is 1.28. The largest absolute Gasteiger partial charge is 0.406 e. The Hall–Kier alpha value is -1.22. The summed E-state index contributed by atoms with van der Waals surface area (Å²) in [5.74, 6) is 4.86. The van der Waals surface area contributed by atoms with Crippen LogP contribution in [0.2, 0.25) is 0 Å². The van der Waals surface area contributed by atoms with Crippen LogP contribution < -0.4 is 17.0 Å². The van der Waals surface area contributed by atoms with Gasteiger partial charge in [0.25, 0.3) is 0 Å². The van der Waals surface area contributed by atoms with Gasteiger partial charge in [0.05, 0.1) is 4.21 Å². The van der Waals surface area contributed by atoms with Gasteiger partial charge in [0.2, 0.25) is 5.88 Å². The van der Waals surface area contributed by atoms with Crippen LogP contribution in [-0.4, -0.2) is 5.97 Å². The fraction of sp³-hybridized carbons (Fsp3) is 0.0833. The zero-order valence-electron chi connectivity index (χ0n) is 10.5. The lowest BCUT2D eigenvalue weighted by Crippen LogP contribution is -2.27. The summed E-state index contributed by atoms with van der Waals surface area (Å²) >= 11 is 6.32. The Morgan fingerprint density at radius 3 is 2.85 bits per heavy atom. The van der Waals surface area contributed by atoms with Crippen LogP contribution in [0, 0.1) is 0 Å². The second-order valence-electron chi connectivity index (χ2n) is 3.78. The van der Waals surface area contributed by atoms with Crippen LogP contribution in [0.3, 0.4) is 0 Å². The van der Waals surface area contributed by atoms with Gasteiger partial charge < -0.3 is 10.5 Å². The number of hydrogen-bond acceptors (Lipinski definition) is 7. The average molecular weight is 374 g/mol. The molecule has 2 rings (SSSR count). The summed E-state index contributed by atoms with van der Waals surface area (Å²) in [7, 11) is 0. The third kappa shape index (κ3) is 3.66. The van der Waals surface area contributed by atoms with Crippen molar-refractivity contribution in [3.05, 3.63) is 39.7 Å². The number of thioether (sulfide) groups is 1. The quantitative estimate of drug-likeness (QED) is 0.251. The standard InChI is InChI=1S/C12H12BrN3O2S2/c1-6(17)18-12(16-15)11(14)20-10-5-7-4-8(13)2-3-9(7)19-10/h2-5,16H,14-15H2,1H3/b12-11-. The summed E-state index contributed by atoms with van der Waals surface area (Å²) in [5, 5.41) is 1.42. The maximum Gasteiger partial charge on any atom is 0.309 e. The highest BCUT2D eigenvalue weighted by Crippen LogP contribution is 2.36. The Balaban J connectivity index is 2.26. The number of carbonyl (C=O) groups is 1. The van der Waals surface area contributed by atoms with Crippen molar-refractivity contribution < 1.29 is 9.53 Å². The van der Waals surface area contributed by atoms with Crippen molar-refractivity contribution in [1.29, 1.82) is 0 Å². The Labute approximate surface area is 132 Å². The summed E-state index contributed by atoms with van der Waals surface area (Å²) in [4.78, 5) is 10.9. The van der Waals surface area contributed by atoms with Crippen molar-refractivity contribution in [3.8, 4) is 0 Å². The van der Waals surface area contributed by atoms with Crippen LogP contribution in [0.4, 0.5) is 0 Å².